The minimum absolute atomic E-state index is 0.0730. The Hall–Kier alpha value is -2.31. The molecule has 1 N–H and O–H groups in total. The second-order valence-corrected chi connectivity index (χ2v) is 4.05. The van der Waals surface area contributed by atoms with Crippen molar-refractivity contribution < 1.29 is 18.0 Å². The van der Waals surface area contributed by atoms with Gasteiger partial charge in [-0.15, -0.1) is 0 Å². The molecule has 0 aliphatic carbocycles. The van der Waals surface area contributed by atoms with Crippen molar-refractivity contribution >= 4 is 11.6 Å². The van der Waals surface area contributed by atoms with Crippen LogP contribution in [0.5, 0.6) is 0 Å². The van der Waals surface area contributed by atoms with E-state index in [2.05, 4.69) is 10.4 Å². The van der Waals surface area contributed by atoms with Gasteiger partial charge in [-0.25, -0.2) is 0 Å². The van der Waals surface area contributed by atoms with Crippen molar-refractivity contribution in [3.05, 3.63) is 47.8 Å². The molecule has 0 spiro atoms. The average Bonchev–Trinajstić information content (AvgIpc) is 2.87. The smallest absolute Gasteiger partial charge is 0.320 e. The second kappa shape index (κ2) is 5.36. The largest absolute Gasteiger partial charge is 0.418 e. The number of para-hydroxylation sites is 1. The van der Waals surface area contributed by atoms with Crippen LogP contribution in [0.1, 0.15) is 23.0 Å². The van der Waals surface area contributed by atoms with Crippen LogP contribution < -0.4 is 5.32 Å². The summed E-state index contributed by atoms with van der Waals surface area (Å²) in [5, 5.41) is 6.18. The lowest BCUT2D eigenvalue weighted by atomic mass is 10.1. The third-order valence-electron chi connectivity index (χ3n) is 2.68. The molecule has 0 bridgehead atoms. The van der Waals surface area contributed by atoms with Crippen molar-refractivity contribution in [2.75, 3.05) is 5.32 Å². The number of rotatable bonds is 3. The summed E-state index contributed by atoms with van der Waals surface area (Å²) < 4.78 is 39.9. The topological polar surface area (TPSA) is 46.9 Å². The number of benzene rings is 1. The summed E-state index contributed by atoms with van der Waals surface area (Å²) in [6.07, 6.45) is -2.93. The predicted octanol–water partition coefficient (Wildman–Crippen LogP) is 3.17. The lowest BCUT2D eigenvalue weighted by molar-refractivity contribution is -0.136. The number of carbonyl (C=O) groups is 1. The maximum atomic E-state index is 12.8. The molecule has 0 unspecified atom stereocenters. The molecule has 0 aliphatic rings. The Bertz CT molecular complexity index is 619. The summed E-state index contributed by atoms with van der Waals surface area (Å²) in [7, 11) is 0. The highest BCUT2D eigenvalue weighted by Crippen LogP contribution is 2.34. The van der Waals surface area contributed by atoms with E-state index in [1.807, 2.05) is 6.92 Å². The molecule has 7 heteroatoms. The van der Waals surface area contributed by atoms with E-state index in [0.29, 0.717) is 6.54 Å². The third kappa shape index (κ3) is 2.98. The normalized spacial score (nSPS) is 11.4. The van der Waals surface area contributed by atoms with E-state index in [-0.39, 0.29) is 11.4 Å². The van der Waals surface area contributed by atoms with E-state index < -0.39 is 17.6 Å². The molecule has 1 heterocycles. The average molecular weight is 283 g/mol. The van der Waals surface area contributed by atoms with Crippen molar-refractivity contribution in [2.24, 2.45) is 0 Å². The number of aryl methyl sites for hydroxylation is 1. The van der Waals surface area contributed by atoms with E-state index in [1.165, 1.54) is 28.9 Å². The molecular formula is C13H12F3N3O. The molecule has 20 heavy (non-hydrogen) atoms. The molecule has 0 saturated heterocycles. The summed E-state index contributed by atoms with van der Waals surface area (Å²) in [6.45, 7) is 2.42. The quantitative estimate of drug-likeness (QED) is 0.940. The fourth-order valence-corrected chi connectivity index (χ4v) is 1.68. The highest BCUT2D eigenvalue weighted by atomic mass is 19.4. The van der Waals surface area contributed by atoms with Crippen molar-refractivity contribution in [2.45, 2.75) is 19.6 Å². The molecule has 0 saturated carbocycles. The standard InChI is InChI=1S/C13H12F3N3O/c1-2-19-8-7-11(18-19)12(20)17-10-6-4-3-5-9(10)13(14,15)16/h3-8H,2H2,1H3,(H,17,20). The SMILES string of the molecule is CCn1ccc(C(=O)Nc2ccccc2C(F)(F)F)n1. The van der Waals surface area contributed by atoms with E-state index >= 15 is 0 Å². The van der Waals surface area contributed by atoms with E-state index in [9.17, 15) is 18.0 Å². The number of aromatic nitrogens is 2. The van der Waals surface area contributed by atoms with Crippen molar-refractivity contribution in [3.8, 4) is 0 Å². The monoisotopic (exact) mass is 283 g/mol. The first kappa shape index (κ1) is 14.1. The first-order chi connectivity index (χ1) is 9.41. The van der Waals surface area contributed by atoms with Gasteiger partial charge in [-0.2, -0.15) is 18.3 Å². The summed E-state index contributed by atoms with van der Waals surface area (Å²) in [6, 6.07) is 6.27. The molecular weight excluding hydrogens is 271 g/mol. The van der Waals surface area contributed by atoms with Crippen LogP contribution in [0.2, 0.25) is 0 Å². The number of alkyl halides is 3. The van der Waals surface area contributed by atoms with Crippen LogP contribution in [0.4, 0.5) is 18.9 Å². The van der Waals surface area contributed by atoms with Crippen molar-refractivity contribution in [3.63, 3.8) is 0 Å². The molecule has 4 nitrogen and oxygen atoms in total. The van der Waals surface area contributed by atoms with Crippen LogP contribution >= 0.6 is 0 Å². The van der Waals surface area contributed by atoms with Crippen LogP contribution in [0.3, 0.4) is 0 Å². The predicted molar refractivity (Wildman–Crippen MR) is 67.3 cm³/mol. The number of carbonyl (C=O) groups excluding carboxylic acids is 1. The maximum Gasteiger partial charge on any atom is 0.418 e. The van der Waals surface area contributed by atoms with Crippen molar-refractivity contribution in [1.29, 1.82) is 0 Å². The van der Waals surface area contributed by atoms with Crippen molar-refractivity contribution in [1.82, 2.24) is 9.78 Å². The van der Waals surface area contributed by atoms with E-state index in [0.717, 1.165) is 6.07 Å². The fourth-order valence-electron chi connectivity index (χ4n) is 1.68. The number of anilines is 1. The minimum atomic E-state index is -4.52. The molecule has 1 aromatic heterocycles. The first-order valence-corrected chi connectivity index (χ1v) is 5.93. The van der Waals surface area contributed by atoms with Gasteiger partial charge in [-0.05, 0) is 25.1 Å². The molecule has 0 radical (unpaired) electrons. The Kier molecular flexibility index (Phi) is 3.78. The Balaban J connectivity index is 2.24. The first-order valence-electron chi connectivity index (χ1n) is 5.93. The van der Waals surface area contributed by atoms with Gasteiger partial charge < -0.3 is 5.32 Å². The number of amides is 1. The highest BCUT2D eigenvalue weighted by Gasteiger charge is 2.33. The molecule has 0 aliphatic heterocycles. The molecule has 2 aromatic rings. The molecule has 2 rings (SSSR count). The van der Waals surface area contributed by atoms with Gasteiger partial charge >= 0.3 is 6.18 Å². The van der Waals surface area contributed by atoms with E-state index in [4.69, 9.17) is 0 Å². The minimum Gasteiger partial charge on any atom is -0.320 e. The van der Waals surface area contributed by atoms with Gasteiger partial charge in [-0.3, -0.25) is 9.48 Å². The fraction of sp³-hybridized carbons (Fsp3) is 0.231. The van der Waals surface area contributed by atoms with Crippen LogP contribution in [-0.2, 0) is 12.7 Å². The molecule has 1 aromatic carbocycles. The van der Waals surface area contributed by atoms with Crippen LogP contribution in [0.25, 0.3) is 0 Å². The van der Waals surface area contributed by atoms with Gasteiger partial charge in [0, 0.05) is 12.7 Å². The molecule has 0 atom stereocenters. The summed E-state index contributed by atoms with van der Waals surface area (Å²) >= 11 is 0. The third-order valence-corrected chi connectivity index (χ3v) is 2.68. The van der Waals surface area contributed by atoms with Crippen LogP contribution in [0, 0.1) is 0 Å². The zero-order valence-corrected chi connectivity index (χ0v) is 10.6. The number of nitrogens with zero attached hydrogens (tertiary/aromatic N) is 2. The number of hydrogen-bond acceptors (Lipinski definition) is 2. The summed E-state index contributed by atoms with van der Waals surface area (Å²) in [4.78, 5) is 11.9. The van der Waals surface area contributed by atoms with Gasteiger partial charge in [-0.1, -0.05) is 12.1 Å². The Morgan fingerprint density at radius 2 is 2.00 bits per heavy atom. The second-order valence-electron chi connectivity index (χ2n) is 4.05. The van der Waals surface area contributed by atoms with Crippen LogP contribution in [0.15, 0.2) is 36.5 Å². The Morgan fingerprint density at radius 1 is 1.30 bits per heavy atom. The Labute approximate surface area is 113 Å². The molecule has 106 valence electrons. The highest BCUT2D eigenvalue weighted by molar-refractivity contribution is 6.03. The summed E-state index contributed by atoms with van der Waals surface area (Å²) in [5.74, 6) is -0.672. The molecule has 0 fully saturated rings. The van der Waals surface area contributed by atoms with Gasteiger partial charge in [0.25, 0.3) is 5.91 Å². The number of halogens is 3. The van der Waals surface area contributed by atoms with E-state index in [1.54, 1.807) is 6.20 Å². The van der Waals surface area contributed by atoms with Gasteiger partial charge in [0.2, 0.25) is 0 Å². The van der Waals surface area contributed by atoms with Gasteiger partial charge in [0.05, 0.1) is 11.3 Å². The maximum absolute atomic E-state index is 12.8. The zero-order chi connectivity index (χ0) is 14.8. The Morgan fingerprint density at radius 3 is 2.60 bits per heavy atom. The number of nitrogens with one attached hydrogen (secondary N) is 1. The van der Waals surface area contributed by atoms with Gasteiger partial charge in [0.1, 0.15) is 0 Å². The van der Waals surface area contributed by atoms with Gasteiger partial charge in [0.15, 0.2) is 5.69 Å². The lowest BCUT2D eigenvalue weighted by Crippen LogP contribution is -2.17. The zero-order valence-electron chi connectivity index (χ0n) is 10.6. The van der Waals surface area contributed by atoms with Crippen LogP contribution in [-0.4, -0.2) is 15.7 Å². The number of hydrogen-bond donors (Lipinski definition) is 1. The lowest BCUT2D eigenvalue weighted by Gasteiger charge is -2.12. The molecule has 1 amide bonds. The summed E-state index contributed by atoms with van der Waals surface area (Å²) in [5.41, 5.74) is -1.09.